The van der Waals surface area contributed by atoms with Crippen LogP contribution in [0.1, 0.15) is 32.6 Å². The van der Waals surface area contributed by atoms with Crippen molar-refractivity contribution in [2.75, 3.05) is 25.1 Å². The first-order valence-corrected chi connectivity index (χ1v) is 6.58. The van der Waals surface area contributed by atoms with Gasteiger partial charge < -0.3 is 10.4 Å². The third kappa shape index (κ3) is 10.2. The van der Waals surface area contributed by atoms with Gasteiger partial charge in [0.05, 0.1) is 6.10 Å². The Hall–Kier alpha value is 0.270. The van der Waals surface area contributed by atoms with Crippen molar-refractivity contribution >= 4 is 11.8 Å². The topological polar surface area (TPSA) is 32.3 Å². The number of aliphatic hydroxyl groups excluding tert-OH is 1. The van der Waals surface area contributed by atoms with Crippen molar-refractivity contribution in [3.05, 3.63) is 0 Å². The summed E-state index contributed by atoms with van der Waals surface area (Å²) in [5, 5.41) is 12.6. The first kappa shape index (κ1) is 13.3. The van der Waals surface area contributed by atoms with Crippen LogP contribution in [0.2, 0.25) is 0 Å². The number of rotatable bonds is 9. The van der Waals surface area contributed by atoms with Gasteiger partial charge in [0.15, 0.2) is 0 Å². The molecular weight excluding hydrogens is 182 g/mol. The van der Waals surface area contributed by atoms with Crippen molar-refractivity contribution in [2.24, 2.45) is 0 Å². The highest BCUT2D eigenvalue weighted by Gasteiger charge is 1.98. The van der Waals surface area contributed by atoms with Gasteiger partial charge in [0.25, 0.3) is 0 Å². The average Bonchev–Trinajstić information content (AvgIpc) is 2.16. The Kier molecular flexibility index (Phi) is 10.6. The van der Waals surface area contributed by atoms with Crippen LogP contribution in [-0.4, -0.2) is 36.3 Å². The standard InChI is InChI=1S/C10H23NOS/c1-3-10(12)6-8-11-7-4-5-9-13-2/h10-12H,3-9H2,1-2H3. The summed E-state index contributed by atoms with van der Waals surface area (Å²) in [6, 6.07) is 0. The van der Waals surface area contributed by atoms with E-state index in [-0.39, 0.29) is 6.10 Å². The van der Waals surface area contributed by atoms with Crippen molar-refractivity contribution in [2.45, 2.75) is 38.7 Å². The molecule has 0 aromatic carbocycles. The zero-order valence-corrected chi connectivity index (χ0v) is 9.70. The molecule has 0 saturated heterocycles. The Morgan fingerprint density at radius 3 is 2.69 bits per heavy atom. The van der Waals surface area contributed by atoms with Gasteiger partial charge in [0.1, 0.15) is 0 Å². The molecule has 3 heteroatoms. The summed E-state index contributed by atoms with van der Waals surface area (Å²) >= 11 is 1.91. The maximum Gasteiger partial charge on any atom is 0.0549 e. The molecule has 0 aromatic heterocycles. The van der Waals surface area contributed by atoms with Crippen LogP contribution in [0.15, 0.2) is 0 Å². The van der Waals surface area contributed by atoms with Crippen LogP contribution in [0.5, 0.6) is 0 Å². The summed E-state index contributed by atoms with van der Waals surface area (Å²) < 4.78 is 0. The Morgan fingerprint density at radius 1 is 1.31 bits per heavy atom. The van der Waals surface area contributed by atoms with E-state index in [0.717, 1.165) is 25.9 Å². The fourth-order valence-electron chi connectivity index (χ4n) is 1.09. The highest BCUT2D eigenvalue weighted by Crippen LogP contribution is 1.98. The maximum atomic E-state index is 9.26. The van der Waals surface area contributed by atoms with Crippen LogP contribution in [0.25, 0.3) is 0 Å². The molecule has 0 spiro atoms. The minimum atomic E-state index is -0.112. The molecule has 1 atom stereocenters. The minimum Gasteiger partial charge on any atom is -0.393 e. The van der Waals surface area contributed by atoms with Gasteiger partial charge in [-0.2, -0.15) is 11.8 Å². The molecule has 0 saturated carbocycles. The number of hydrogen-bond donors (Lipinski definition) is 2. The molecule has 0 fully saturated rings. The maximum absolute atomic E-state index is 9.26. The summed E-state index contributed by atoms with van der Waals surface area (Å²) in [6.07, 6.45) is 6.34. The van der Waals surface area contributed by atoms with Crippen molar-refractivity contribution in [3.8, 4) is 0 Å². The van der Waals surface area contributed by atoms with E-state index < -0.39 is 0 Å². The van der Waals surface area contributed by atoms with Gasteiger partial charge in [-0.15, -0.1) is 0 Å². The van der Waals surface area contributed by atoms with E-state index in [1.54, 1.807) is 0 Å². The van der Waals surface area contributed by atoms with Crippen molar-refractivity contribution < 1.29 is 5.11 Å². The van der Waals surface area contributed by atoms with Crippen LogP contribution in [0.3, 0.4) is 0 Å². The number of thioether (sulfide) groups is 1. The van der Waals surface area contributed by atoms with Gasteiger partial charge in [-0.05, 0) is 50.8 Å². The molecule has 0 rings (SSSR count). The molecule has 0 amide bonds. The molecule has 0 heterocycles. The highest BCUT2D eigenvalue weighted by molar-refractivity contribution is 7.98. The van der Waals surface area contributed by atoms with E-state index in [2.05, 4.69) is 11.6 Å². The zero-order valence-electron chi connectivity index (χ0n) is 8.88. The van der Waals surface area contributed by atoms with Gasteiger partial charge in [-0.25, -0.2) is 0 Å². The lowest BCUT2D eigenvalue weighted by molar-refractivity contribution is 0.160. The van der Waals surface area contributed by atoms with E-state index >= 15 is 0 Å². The number of aliphatic hydroxyl groups is 1. The highest BCUT2D eigenvalue weighted by atomic mass is 32.2. The second-order valence-electron chi connectivity index (χ2n) is 3.30. The van der Waals surface area contributed by atoms with Crippen LogP contribution < -0.4 is 5.32 Å². The molecule has 2 nitrogen and oxygen atoms in total. The van der Waals surface area contributed by atoms with Gasteiger partial charge in [-0.1, -0.05) is 6.92 Å². The Balaban J connectivity index is 2.91. The summed E-state index contributed by atoms with van der Waals surface area (Å²) in [7, 11) is 0. The second kappa shape index (κ2) is 10.4. The van der Waals surface area contributed by atoms with Crippen LogP contribution in [-0.2, 0) is 0 Å². The predicted molar refractivity (Wildman–Crippen MR) is 61.4 cm³/mol. The van der Waals surface area contributed by atoms with Crippen LogP contribution >= 0.6 is 11.8 Å². The third-order valence-corrected chi connectivity index (χ3v) is 2.77. The first-order valence-electron chi connectivity index (χ1n) is 5.19. The summed E-state index contributed by atoms with van der Waals surface area (Å²) in [4.78, 5) is 0. The third-order valence-electron chi connectivity index (χ3n) is 2.08. The molecule has 0 aliphatic heterocycles. The lowest BCUT2D eigenvalue weighted by Gasteiger charge is -2.08. The van der Waals surface area contributed by atoms with Crippen LogP contribution in [0.4, 0.5) is 0 Å². The minimum absolute atomic E-state index is 0.112. The van der Waals surface area contributed by atoms with Crippen molar-refractivity contribution in [1.29, 1.82) is 0 Å². The average molecular weight is 205 g/mol. The molecule has 13 heavy (non-hydrogen) atoms. The lowest BCUT2D eigenvalue weighted by atomic mass is 10.2. The first-order chi connectivity index (χ1) is 6.31. The van der Waals surface area contributed by atoms with Gasteiger partial charge in [0, 0.05) is 0 Å². The van der Waals surface area contributed by atoms with E-state index in [0.29, 0.717) is 0 Å². The van der Waals surface area contributed by atoms with Gasteiger partial charge in [0.2, 0.25) is 0 Å². The molecule has 0 aromatic rings. The molecular formula is C10H23NOS. The van der Waals surface area contributed by atoms with Crippen LogP contribution in [0, 0.1) is 0 Å². The Morgan fingerprint density at radius 2 is 2.08 bits per heavy atom. The Bertz CT molecular complexity index is 101. The molecule has 0 radical (unpaired) electrons. The monoisotopic (exact) mass is 205 g/mol. The number of hydrogen-bond acceptors (Lipinski definition) is 3. The van der Waals surface area contributed by atoms with Gasteiger partial charge in [-0.3, -0.25) is 0 Å². The normalized spacial score (nSPS) is 13.2. The SMILES string of the molecule is CCC(O)CCNCCCCSC. The smallest absolute Gasteiger partial charge is 0.0549 e. The molecule has 2 N–H and O–H groups in total. The second-order valence-corrected chi connectivity index (χ2v) is 4.29. The summed E-state index contributed by atoms with van der Waals surface area (Å²) in [5.41, 5.74) is 0. The van der Waals surface area contributed by atoms with E-state index in [1.165, 1.54) is 18.6 Å². The zero-order chi connectivity index (χ0) is 9.94. The number of nitrogens with one attached hydrogen (secondary N) is 1. The van der Waals surface area contributed by atoms with Crippen molar-refractivity contribution in [1.82, 2.24) is 5.32 Å². The van der Waals surface area contributed by atoms with E-state index in [4.69, 9.17) is 0 Å². The molecule has 0 aliphatic carbocycles. The molecule has 80 valence electrons. The quantitative estimate of drug-likeness (QED) is 0.564. The largest absolute Gasteiger partial charge is 0.393 e. The van der Waals surface area contributed by atoms with Crippen molar-refractivity contribution in [3.63, 3.8) is 0 Å². The fourth-order valence-corrected chi connectivity index (χ4v) is 1.59. The summed E-state index contributed by atoms with van der Waals surface area (Å²) in [5.74, 6) is 1.26. The number of unbranched alkanes of at least 4 members (excludes halogenated alkanes) is 1. The lowest BCUT2D eigenvalue weighted by Crippen LogP contribution is -2.21. The molecule has 0 aliphatic rings. The summed E-state index contributed by atoms with van der Waals surface area (Å²) in [6.45, 7) is 4.06. The van der Waals surface area contributed by atoms with E-state index in [9.17, 15) is 5.11 Å². The predicted octanol–water partition coefficient (Wildman–Crippen LogP) is 1.88. The molecule has 0 bridgehead atoms. The fraction of sp³-hybridized carbons (Fsp3) is 1.00. The van der Waals surface area contributed by atoms with Gasteiger partial charge >= 0.3 is 0 Å². The van der Waals surface area contributed by atoms with E-state index in [1.807, 2.05) is 18.7 Å². The molecule has 1 unspecified atom stereocenters. The Labute approximate surface area is 86.5 Å².